The predicted octanol–water partition coefficient (Wildman–Crippen LogP) is -0.251. The number of nitro groups is 1. The molecule has 1 fully saturated rings. The SMILES string of the molecule is Nc1ccc([N+](=O)[O-])cc1C(=O)N1CCNC(=O)C1. The van der Waals surface area contributed by atoms with Crippen LogP contribution in [0.5, 0.6) is 0 Å². The lowest BCUT2D eigenvalue weighted by Crippen LogP contribution is -2.50. The molecule has 0 aromatic heterocycles. The highest BCUT2D eigenvalue weighted by Crippen LogP contribution is 2.21. The zero-order valence-electron chi connectivity index (χ0n) is 9.96. The van der Waals surface area contributed by atoms with Crippen molar-refractivity contribution < 1.29 is 14.5 Å². The lowest BCUT2D eigenvalue weighted by molar-refractivity contribution is -0.384. The van der Waals surface area contributed by atoms with Gasteiger partial charge in [0.05, 0.1) is 17.0 Å². The van der Waals surface area contributed by atoms with Crippen LogP contribution in [0.2, 0.25) is 0 Å². The molecule has 0 saturated carbocycles. The Kier molecular flexibility index (Phi) is 3.32. The smallest absolute Gasteiger partial charge is 0.270 e. The molecule has 19 heavy (non-hydrogen) atoms. The highest BCUT2D eigenvalue weighted by atomic mass is 16.6. The number of nitrogens with zero attached hydrogens (tertiary/aromatic N) is 2. The Morgan fingerprint density at radius 2 is 2.21 bits per heavy atom. The summed E-state index contributed by atoms with van der Waals surface area (Å²) in [7, 11) is 0. The summed E-state index contributed by atoms with van der Waals surface area (Å²) in [4.78, 5) is 34.8. The second-order valence-electron chi connectivity index (χ2n) is 4.11. The molecule has 0 spiro atoms. The third-order valence-electron chi connectivity index (χ3n) is 2.80. The van der Waals surface area contributed by atoms with Crippen molar-refractivity contribution in [2.24, 2.45) is 0 Å². The highest BCUT2D eigenvalue weighted by Gasteiger charge is 2.25. The second kappa shape index (κ2) is 4.92. The lowest BCUT2D eigenvalue weighted by atomic mass is 10.1. The fourth-order valence-electron chi connectivity index (χ4n) is 1.83. The van der Waals surface area contributed by atoms with Crippen LogP contribution in [0.3, 0.4) is 0 Å². The van der Waals surface area contributed by atoms with E-state index in [0.717, 1.165) is 6.07 Å². The Labute approximate surface area is 108 Å². The number of piperazine rings is 1. The molecule has 2 rings (SSSR count). The van der Waals surface area contributed by atoms with Crippen LogP contribution in [0.15, 0.2) is 18.2 Å². The Morgan fingerprint density at radius 3 is 2.84 bits per heavy atom. The summed E-state index contributed by atoms with van der Waals surface area (Å²) in [5.41, 5.74) is 5.65. The Hall–Kier alpha value is -2.64. The monoisotopic (exact) mass is 264 g/mol. The molecule has 2 amide bonds. The van der Waals surface area contributed by atoms with Crippen molar-refractivity contribution in [3.05, 3.63) is 33.9 Å². The first-order valence-electron chi connectivity index (χ1n) is 5.59. The van der Waals surface area contributed by atoms with Crippen LogP contribution in [0.25, 0.3) is 0 Å². The quantitative estimate of drug-likeness (QED) is 0.433. The number of benzene rings is 1. The molecule has 8 heteroatoms. The number of anilines is 1. The summed E-state index contributed by atoms with van der Waals surface area (Å²) in [5, 5.41) is 13.3. The number of hydrogen-bond donors (Lipinski definition) is 2. The molecule has 0 radical (unpaired) electrons. The normalized spacial score (nSPS) is 14.9. The van der Waals surface area contributed by atoms with Gasteiger partial charge in [0.15, 0.2) is 0 Å². The fourth-order valence-corrected chi connectivity index (χ4v) is 1.83. The highest BCUT2D eigenvalue weighted by molar-refractivity contribution is 6.01. The molecule has 3 N–H and O–H groups in total. The minimum atomic E-state index is -0.598. The Bertz CT molecular complexity index is 558. The number of nitrogens with one attached hydrogen (secondary N) is 1. The zero-order valence-corrected chi connectivity index (χ0v) is 9.96. The van der Waals surface area contributed by atoms with Crippen LogP contribution in [0.4, 0.5) is 11.4 Å². The van der Waals surface area contributed by atoms with E-state index in [4.69, 9.17) is 5.73 Å². The summed E-state index contributed by atoms with van der Waals surface area (Å²) < 4.78 is 0. The molecule has 1 aromatic carbocycles. The van der Waals surface area contributed by atoms with Gasteiger partial charge >= 0.3 is 0 Å². The van der Waals surface area contributed by atoms with E-state index in [1.54, 1.807) is 0 Å². The molecule has 8 nitrogen and oxygen atoms in total. The molecule has 1 heterocycles. The molecule has 1 aliphatic rings. The zero-order chi connectivity index (χ0) is 14.0. The van der Waals surface area contributed by atoms with Gasteiger partial charge in [-0.15, -0.1) is 0 Å². The Morgan fingerprint density at radius 1 is 1.47 bits per heavy atom. The van der Waals surface area contributed by atoms with Crippen molar-refractivity contribution in [2.45, 2.75) is 0 Å². The molecule has 0 unspecified atom stereocenters. The second-order valence-corrected chi connectivity index (χ2v) is 4.11. The Balaban J connectivity index is 2.29. The van der Waals surface area contributed by atoms with E-state index in [1.807, 2.05) is 0 Å². The summed E-state index contributed by atoms with van der Waals surface area (Å²) in [6, 6.07) is 3.68. The van der Waals surface area contributed by atoms with Gasteiger partial charge in [-0.1, -0.05) is 0 Å². The van der Waals surface area contributed by atoms with E-state index in [2.05, 4.69) is 5.32 Å². The third-order valence-corrected chi connectivity index (χ3v) is 2.80. The van der Waals surface area contributed by atoms with Crippen LogP contribution in [0, 0.1) is 10.1 Å². The van der Waals surface area contributed by atoms with Crippen molar-refractivity contribution in [1.82, 2.24) is 10.2 Å². The third kappa shape index (κ3) is 2.62. The molecule has 1 aromatic rings. The van der Waals surface area contributed by atoms with E-state index in [0.29, 0.717) is 13.1 Å². The fraction of sp³-hybridized carbons (Fsp3) is 0.273. The standard InChI is InChI=1S/C11H12N4O4/c12-9-2-1-7(15(18)19)5-8(9)11(17)14-4-3-13-10(16)6-14/h1-2,5H,3-4,6,12H2,(H,13,16). The number of hydrogen-bond acceptors (Lipinski definition) is 5. The summed E-state index contributed by atoms with van der Waals surface area (Å²) in [5.74, 6) is -0.736. The average Bonchev–Trinajstić information content (AvgIpc) is 2.38. The molecule has 0 aliphatic carbocycles. The summed E-state index contributed by atoms with van der Waals surface area (Å²) >= 11 is 0. The van der Waals surface area contributed by atoms with Crippen LogP contribution >= 0.6 is 0 Å². The van der Waals surface area contributed by atoms with Crippen molar-refractivity contribution in [1.29, 1.82) is 0 Å². The van der Waals surface area contributed by atoms with E-state index < -0.39 is 10.8 Å². The van der Waals surface area contributed by atoms with Crippen molar-refractivity contribution >= 4 is 23.2 Å². The van der Waals surface area contributed by atoms with Gasteiger partial charge in [0.1, 0.15) is 0 Å². The van der Waals surface area contributed by atoms with Crippen molar-refractivity contribution in [3.8, 4) is 0 Å². The van der Waals surface area contributed by atoms with Crippen LogP contribution in [-0.2, 0) is 4.79 Å². The van der Waals surface area contributed by atoms with Gasteiger partial charge < -0.3 is 16.0 Å². The molecule has 1 aliphatic heterocycles. The van der Waals surface area contributed by atoms with Crippen LogP contribution in [-0.4, -0.2) is 41.3 Å². The number of nitro benzene ring substituents is 1. The molecule has 0 atom stereocenters. The number of nitrogens with two attached hydrogens (primary N) is 1. The minimum absolute atomic E-state index is 0.0453. The summed E-state index contributed by atoms with van der Waals surface area (Å²) in [6.07, 6.45) is 0. The van der Waals surface area contributed by atoms with Gasteiger partial charge in [-0.3, -0.25) is 19.7 Å². The van der Waals surface area contributed by atoms with Crippen molar-refractivity contribution in [2.75, 3.05) is 25.4 Å². The number of carbonyl (C=O) groups is 2. The number of carbonyl (C=O) groups excluding carboxylic acids is 2. The van der Waals surface area contributed by atoms with Gasteiger partial charge in [0.2, 0.25) is 5.91 Å². The number of amides is 2. The first-order chi connectivity index (χ1) is 8.99. The molecule has 0 bridgehead atoms. The number of non-ortho nitro benzene ring substituents is 1. The molecule has 1 saturated heterocycles. The average molecular weight is 264 g/mol. The van der Waals surface area contributed by atoms with Crippen molar-refractivity contribution in [3.63, 3.8) is 0 Å². The van der Waals surface area contributed by atoms with Crippen LogP contribution < -0.4 is 11.1 Å². The maximum atomic E-state index is 12.2. The lowest BCUT2D eigenvalue weighted by Gasteiger charge is -2.27. The van der Waals surface area contributed by atoms with Gasteiger partial charge in [-0.2, -0.15) is 0 Å². The van der Waals surface area contributed by atoms with E-state index in [9.17, 15) is 19.7 Å². The van der Waals surface area contributed by atoms with Gasteiger partial charge in [0, 0.05) is 30.9 Å². The number of rotatable bonds is 2. The molecular weight excluding hydrogens is 252 g/mol. The molecular formula is C11H12N4O4. The first kappa shape index (κ1) is 12.8. The number of nitrogen functional groups attached to an aromatic ring is 1. The van der Waals surface area contributed by atoms with Gasteiger partial charge in [0.25, 0.3) is 11.6 Å². The van der Waals surface area contributed by atoms with E-state index >= 15 is 0 Å². The molecule has 100 valence electrons. The van der Waals surface area contributed by atoms with E-state index in [1.165, 1.54) is 17.0 Å². The largest absolute Gasteiger partial charge is 0.398 e. The van der Waals surface area contributed by atoms with Crippen LogP contribution in [0.1, 0.15) is 10.4 Å². The predicted molar refractivity (Wildman–Crippen MR) is 66.4 cm³/mol. The van der Waals surface area contributed by atoms with Gasteiger partial charge in [-0.25, -0.2) is 0 Å². The van der Waals surface area contributed by atoms with Gasteiger partial charge in [-0.05, 0) is 6.07 Å². The first-order valence-corrected chi connectivity index (χ1v) is 5.59. The topological polar surface area (TPSA) is 119 Å². The maximum Gasteiger partial charge on any atom is 0.270 e. The summed E-state index contributed by atoms with van der Waals surface area (Å²) in [6.45, 7) is 0.646. The minimum Gasteiger partial charge on any atom is -0.398 e. The maximum absolute atomic E-state index is 12.2. The van der Waals surface area contributed by atoms with E-state index in [-0.39, 0.29) is 29.4 Å².